The fourth-order valence-electron chi connectivity index (χ4n) is 2.33. The Morgan fingerprint density at radius 3 is 2.45 bits per heavy atom. The number of carbonyl (C=O) groups is 1. The van der Waals surface area contributed by atoms with E-state index in [4.69, 9.17) is 5.26 Å². The lowest BCUT2D eigenvalue weighted by Gasteiger charge is -2.17. The molecule has 0 aliphatic carbocycles. The number of nitrogens with one attached hydrogen (secondary N) is 1. The van der Waals surface area contributed by atoms with E-state index in [0.29, 0.717) is 17.7 Å². The van der Waals surface area contributed by atoms with Crippen molar-refractivity contribution in [3.8, 4) is 6.07 Å². The molecule has 2 aromatic carbocycles. The van der Waals surface area contributed by atoms with E-state index >= 15 is 0 Å². The summed E-state index contributed by atoms with van der Waals surface area (Å²) in [6.45, 7) is 1.47. The number of benzene rings is 2. The minimum absolute atomic E-state index is 0.0807. The van der Waals surface area contributed by atoms with Crippen LogP contribution >= 0.6 is 0 Å². The maximum Gasteiger partial charge on any atom is 0.251 e. The highest BCUT2D eigenvalue weighted by atomic mass is 16.1. The summed E-state index contributed by atoms with van der Waals surface area (Å²) in [7, 11) is 3.64. The van der Waals surface area contributed by atoms with E-state index in [2.05, 4.69) is 16.3 Å². The number of rotatable bonds is 5. The molecule has 0 aliphatic rings. The zero-order chi connectivity index (χ0) is 15.9. The summed E-state index contributed by atoms with van der Waals surface area (Å²) in [5.41, 5.74) is 3.52. The van der Waals surface area contributed by atoms with Crippen LogP contribution in [0.3, 0.4) is 0 Å². The topological polar surface area (TPSA) is 56.1 Å². The first kappa shape index (κ1) is 15.7. The first-order valence-electron chi connectivity index (χ1n) is 7.11. The molecule has 112 valence electrons. The van der Waals surface area contributed by atoms with Gasteiger partial charge in [0.05, 0.1) is 11.6 Å². The zero-order valence-corrected chi connectivity index (χ0v) is 12.8. The third kappa shape index (κ3) is 3.94. The van der Waals surface area contributed by atoms with Gasteiger partial charge in [0.25, 0.3) is 5.91 Å². The minimum atomic E-state index is -0.0807. The summed E-state index contributed by atoms with van der Waals surface area (Å²) in [6.07, 6.45) is 0. The van der Waals surface area contributed by atoms with Crippen LogP contribution in [-0.4, -0.2) is 24.9 Å². The minimum Gasteiger partial charge on any atom is -0.355 e. The van der Waals surface area contributed by atoms with E-state index in [1.807, 2.05) is 55.6 Å². The molecule has 22 heavy (non-hydrogen) atoms. The van der Waals surface area contributed by atoms with Crippen LogP contribution in [0.4, 0.5) is 0 Å². The zero-order valence-electron chi connectivity index (χ0n) is 12.8. The summed E-state index contributed by atoms with van der Waals surface area (Å²) in [4.78, 5) is 13.7. The molecular formula is C18H19N3O. The van der Waals surface area contributed by atoms with Gasteiger partial charge >= 0.3 is 0 Å². The maximum atomic E-state index is 11.5. The Bertz CT molecular complexity index is 686. The average Bonchev–Trinajstić information content (AvgIpc) is 2.55. The van der Waals surface area contributed by atoms with Gasteiger partial charge in [-0.3, -0.25) is 9.69 Å². The molecule has 0 saturated carbocycles. The molecule has 0 fully saturated rings. The smallest absolute Gasteiger partial charge is 0.251 e. The van der Waals surface area contributed by atoms with Crippen LogP contribution in [0.1, 0.15) is 27.0 Å². The second-order valence-electron chi connectivity index (χ2n) is 5.22. The lowest BCUT2D eigenvalue weighted by atomic mass is 10.1. The summed E-state index contributed by atoms with van der Waals surface area (Å²) in [5.74, 6) is -0.0807. The van der Waals surface area contributed by atoms with Crippen molar-refractivity contribution in [2.24, 2.45) is 0 Å². The second-order valence-corrected chi connectivity index (χ2v) is 5.22. The third-order valence-electron chi connectivity index (χ3n) is 3.47. The molecule has 1 amide bonds. The van der Waals surface area contributed by atoms with Crippen LogP contribution in [0, 0.1) is 11.3 Å². The molecule has 4 nitrogen and oxygen atoms in total. The van der Waals surface area contributed by atoms with Gasteiger partial charge < -0.3 is 5.32 Å². The number of nitrogens with zero attached hydrogens (tertiary/aromatic N) is 2. The van der Waals surface area contributed by atoms with Crippen molar-refractivity contribution >= 4 is 5.91 Å². The number of hydrogen-bond donors (Lipinski definition) is 1. The Labute approximate surface area is 131 Å². The highest BCUT2D eigenvalue weighted by molar-refractivity contribution is 5.93. The van der Waals surface area contributed by atoms with Crippen molar-refractivity contribution in [1.82, 2.24) is 10.2 Å². The van der Waals surface area contributed by atoms with E-state index in [9.17, 15) is 4.79 Å². The molecule has 0 unspecified atom stereocenters. The van der Waals surface area contributed by atoms with Gasteiger partial charge in [-0.15, -0.1) is 0 Å². The van der Waals surface area contributed by atoms with E-state index in [1.165, 1.54) is 0 Å². The van der Waals surface area contributed by atoms with Gasteiger partial charge in [-0.25, -0.2) is 0 Å². The molecule has 4 heteroatoms. The van der Waals surface area contributed by atoms with Gasteiger partial charge in [-0.1, -0.05) is 30.3 Å². The van der Waals surface area contributed by atoms with Gasteiger partial charge in [0.1, 0.15) is 0 Å². The first-order valence-corrected chi connectivity index (χ1v) is 7.11. The van der Waals surface area contributed by atoms with Crippen molar-refractivity contribution in [3.63, 3.8) is 0 Å². The predicted octanol–water partition coefficient (Wildman–Crippen LogP) is 2.55. The van der Waals surface area contributed by atoms with Crippen molar-refractivity contribution in [2.45, 2.75) is 13.1 Å². The van der Waals surface area contributed by atoms with Crippen molar-refractivity contribution in [2.75, 3.05) is 14.1 Å². The van der Waals surface area contributed by atoms with Gasteiger partial charge in [0.2, 0.25) is 0 Å². The fourth-order valence-corrected chi connectivity index (χ4v) is 2.33. The third-order valence-corrected chi connectivity index (χ3v) is 3.47. The normalized spacial score (nSPS) is 10.3. The number of hydrogen-bond acceptors (Lipinski definition) is 3. The van der Waals surface area contributed by atoms with E-state index in [0.717, 1.165) is 17.7 Å². The van der Waals surface area contributed by atoms with Crippen molar-refractivity contribution in [3.05, 3.63) is 70.8 Å². The Kier molecular flexibility index (Phi) is 5.29. The lowest BCUT2D eigenvalue weighted by molar-refractivity contribution is 0.0963. The quantitative estimate of drug-likeness (QED) is 0.921. The Hall–Kier alpha value is -2.64. The van der Waals surface area contributed by atoms with Crippen LogP contribution in [0.15, 0.2) is 48.5 Å². The van der Waals surface area contributed by atoms with Crippen LogP contribution in [0.2, 0.25) is 0 Å². The highest BCUT2D eigenvalue weighted by Gasteiger charge is 2.07. The van der Waals surface area contributed by atoms with Gasteiger partial charge in [-0.2, -0.15) is 5.26 Å². The maximum absolute atomic E-state index is 11.5. The molecule has 2 rings (SSSR count). The van der Waals surface area contributed by atoms with Crippen molar-refractivity contribution in [1.29, 1.82) is 5.26 Å². The van der Waals surface area contributed by atoms with Gasteiger partial charge in [-0.05, 0) is 36.4 Å². The van der Waals surface area contributed by atoms with Crippen LogP contribution in [-0.2, 0) is 13.1 Å². The molecular weight excluding hydrogens is 274 g/mol. The van der Waals surface area contributed by atoms with Gasteiger partial charge in [0, 0.05) is 25.7 Å². The molecule has 0 atom stereocenters. The standard InChI is InChI=1S/C18H19N3O/c1-20-18(22)15-9-7-14(8-10-15)12-21(2)13-17-6-4-3-5-16(17)11-19/h3-10H,12-13H2,1-2H3,(H,20,22). The Morgan fingerprint density at radius 1 is 1.14 bits per heavy atom. The first-order chi connectivity index (χ1) is 10.6. The Morgan fingerprint density at radius 2 is 1.82 bits per heavy atom. The summed E-state index contributed by atoms with van der Waals surface area (Å²) >= 11 is 0. The molecule has 0 saturated heterocycles. The second kappa shape index (κ2) is 7.39. The molecule has 0 aliphatic heterocycles. The van der Waals surface area contributed by atoms with Gasteiger partial charge in [0.15, 0.2) is 0 Å². The largest absolute Gasteiger partial charge is 0.355 e. The molecule has 0 spiro atoms. The highest BCUT2D eigenvalue weighted by Crippen LogP contribution is 2.13. The molecule has 0 heterocycles. The van der Waals surface area contributed by atoms with Crippen LogP contribution in [0.25, 0.3) is 0 Å². The average molecular weight is 293 g/mol. The number of nitriles is 1. The van der Waals surface area contributed by atoms with Crippen LogP contribution in [0.5, 0.6) is 0 Å². The Balaban J connectivity index is 2.01. The SMILES string of the molecule is CNC(=O)c1ccc(CN(C)Cc2ccccc2C#N)cc1. The summed E-state index contributed by atoms with van der Waals surface area (Å²) in [5, 5.41) is 11.7. The lowest BCUT2D eigenvalue weighted by Crippen LogP contribution is -2.19. The summed E-state index contributed by atoms with van der Waals surface area (Å²) in [6, 6.07) is 17.4. The fraction of sp³-hybridized carbons (Fsp3) is 0.222. The molecule has 2 aromatic rings. The predicted molar refractivity (Wildman–Crippen MR) is 86.2 cm³/mol. The van der Waals surface area contributed by atoms with E-state index in [1.54, 1.807) is 7.05 Å². The van der Waals surface area contributed by atoms with E-state index in [-0.39, 0.29) is 5.91 Å². The molecule has 0 aromatic heterocycles. The number of amides is 1. The molecule has 0 bridgehead atoms. The van der Waals surface area contributed by atoms with Crippen LogP contribution < -0.4 is 5.32 Å². The molecule has 0 radical (unpaired) electrons. The van der Waals surface area contributed by atoms with E-state index < -0.39 is 0 Å². The molecule has 1 N–H and O–H groups in total. The number of carbonyl (C=O) groups excluding carboxylic acids is 1. The monoisotopic (exact) mass is 293 g/mol. The van der Waals surface area contributed by atoms with Crippen molar-refractivity contribution < 1.29 is 4.79 Å². The summed E-state index contributed by atoms with van der Waals surface area (Å²) < 4.78 is 0.